The Bertz CT molecular complexity index is 405. The minimum atomic E-state index is -1.36. The molecule has 1 heterocycles. The maximum absolute atomic E-state index is 12.2. The molecule has 0 radical (unpaired) electrons. The van der Waals surface area contributed by atoms with Gasteiger partial charge in [-0.2, -0.15) is 12.6 Å². The topological polar surface area (TPSA) is 116 Å². The standard InChI is InChI=1S/C14H24N2O5S/c17-7-11(14(20)21)16-13(19)10-6-4-2-1-3-5-9(8-22)12(18)15-10/h9-11,17,22H,1-8H2,(H,15,18)(H,16,19)(H,20,21)/t9?,10?,11-/m1/s1. The smallest absolute Gasteiger partial charge is 0.328 e. The molecule has 1 aliphatic heterocycles. The number of aliphatic hydroxyl groups excluding tert-OH is 1. The number of thiol groups is 1. The van der Waals surface area contributed by atoms with Crippen LogP contribution in [0.3, 0.4) is 0 Å². The van der Waals surface area contributed by atoms with Crippen LogP contribution in [-0.2, 0) is 14.4 Å². The van der Waals surface area contributed by atoms with E-state index in [0.717, 1.165) is 32.1 Å². The number of carbonyl (C=O) groups is 3. The molecule has 4 N–H and O–H groups in total. The number of nitrogens with one attached hydrogen (secondary N) is 2. The quantitative estimate of drug-likeness (QED) is 0.452. The van der Waals surface area contributed by atoms with Crippen LogP contribution >= 0.6 is 12.6 Å². The van der Waals surface area contributed by atoms with E-state index in [4.69, 9.17) is 10.2 Å². The highest BCUT2D eigenvalue weighted by molar-refractivity contribution is 7.80. The number of hydrogen-bond acceptors (Lipinski definition) is 5. The number of amides is 2. The first kappa shape index (κ1) is 18.8. The Balaban J connectivity index is 2.72. The molecule has 1 rings (SSSR count). The van der Waals surface area contributed by atoms with Crippen molar-refractivity contribution in [2.75, 3.05) is 12.4 Å². The van der Waals surface area contributed by atoms with Crippen LogP contribution in [0.5, 0.6) is 0 Å². The summed E-state index contributed by atoms with van der Waals surface area (Å²) in [6.45, 7) is -0.693. The molecule has 1 fully saturated rings. The van der Waals surface area contributed by atoms with Crippen molar-refractivity contribution in [3.05, 3.63) is 0 Å². The second-order valence-corrected chi connectivity index (χ2v) is 5.88. The Morgan fingerprint density at radius 2 is 1.91 bits per heavy atom. The Labute approximate surface area is 135 Å². The van der Waals surface area contributed by atoms with Crippen molar-refractivity contribution in [2.45, 2.75) is 50.6 Å². The monoisotopic (exact) mass is 332 g/mol. The zero-order valence-corrected chi connectivity index (χ0v) is 13.3. The second kappa shape index (κ2) is 9.68. The molecule has 0 aromatic carbocycles. The lowest BCUT2D eigenvalue weighted by atomic mass is 9.97. The van der Waals surface area contributed by atoms with E-state index in [0.29, 0.717) is 12.2 Å². The van der Waals surface area contributed by atoms with Gasteiger partial charge in [-0.05, 0) is 12.8 Å². The first-order chi connectivity index (χ1) is 10.5. The molecule has 1 saturated heterocycles. The summed E-state index contributed by atoms with van der Waals surface area (Å²) >= 11 is 4.17. The third-order valence-corrected chi connectivity index (χ3v) is 4.26. The lowest BCUT2D eigenvalue weighted by molar-refractivity contribution is -0.143. The number of rotatable bonds is 5. The van der Waals surface area contributed by atoms with Crippen molar-refractivity contribution in [3.8, 4) is 0 Å². The normalized spacial score (nSPS) is 24.9. The molecule has 0 aromatic rings. The largest absolute Gasteiger partial charge is 0.480 e. The van der Waals surface area contributed by atoms with Crippen molar-refractivity contribution < 1.29 is 24.6 Å². The Hall–Kier alpha value is -1.28. The summed E-state index contributed by atoms with van der Waals surface area (Å²) in [6.07, 6.45) is 4.89. The predicted octanol–water partition coefficient (Wildman–Crippen LogP) is -0.0669. The van der Waals surface area contributed by atoms with Crippen LogP contribution in [0.4, 0.5) is 0 Å². The van der Waals surface area contributed by atoms with Crippen molar-refractivity contribution >= 4 is 30.4 Å². The summed E-state index contributed by atoms with van der Waals surface area (Å²) < 4.78 is 0. The minimum Gasteiger partial charge on any atom is -0.480 e. The van der Waals surface area contributed by atoms with Gasteiger partial charge >= 0.3 is 5.97 Å². The third kappa shape index (κ3) is 5.84. The average molecular weight is 332 g/mol. The maximum atomic E-state index is 12.2. The molecule has 7 nitrogen and oxygen atoms in total. The van der Waals surface area contributed by atoms with Crippen molar-refractivity contribution in [1.29, 1.82) is 0 Å². The molecule has 0 spiro atoms. The fourth-order valence-electron chi connectivity index (χ4n) is 2.41. The van der Waals surface area contributed by atoms with Crippen LogP contribution in [0.2, 0.25) is 0 Å². The molecule has 3 atom stereocenters. The summed E-state index contributed by atoms with van der Waals surface area (Å²) in [4.78, 5) is 35.2. The first-order valence-corrected chi connectivity index (χ1v) is 8.18. The van der Waals surface area contributed by atoms with Gasteiger partial charge in [-0.3, -0.25) is 9.59 Å². The van der Waals surface area contributed by atoms with E-state index in [9.17, 15) is 14.4 Å². The van der Waals surface area contributed by atoms with E-state index in [-0.39, 0.29) is 11.8 Å². The highest BCUT2D eigenvalue weighted by Crippen LogP contribution is 2.17. The molecule has 2 amide bonds. The van der Waals surface area contributed by atoms with Gasteiger partial charge < -0.3 is 20.8 Å². The van der Waals surface area contributed by atoms with Crippen LogP contribution in [0.1, 0.15) is 38.5 Å². The third-order valence-electron chi connectivity index (χ3n) is 3.82. The van der Waals surface area contributed by atoms with E-state index in [1.807, 2.05) is 0 Å². The second-order valence-electron chi connectivity index (χ2n) is 5.51. The summed E-state index contributed by atoms with van der Waals surface area (Å²) in [5.74, 6) is -1.95. The molecular weight excluding hydrogens is 308 g/mol. The summed E-state index contributed by atoms with van der Waals surface area (Å²) in [5.41, 5.74) is 0. The van der Waals surface area contributed by atoms with Crippen LogP contribution < -0.4 is 10.6 Å². The van der Waals surface area contributed by atoms with Gasteiger partial charge in [0.05, 0.1) is 6.61 Å². The fraction of sp³-hybridized carbons (Fsp3) is 0.786. The molecule has 2 unspecified atom stereocenters. The number of carboxylic acids is 1. The lowest BCUT2D eigenvalue weighted by Gasteiger charge is -2.24. The Morgan fingerprint density at radius 1 is 1.27 bits per heavy atom. The zero-order valence-electron chi connectivity index (χ0n) is 12.5. The van der Waals surface area contributed by atoms with Gasteiger partial charge in [0.1, 0.15) is 12.1 Å². The summed E-state index contributed by atoms with van der Waals surface area (Å²) in [6, 6.07) is -2.14. The fourth-order valence-corrected chi connectivity index (χ4v) is 2.76. The number of carboxylic acid groups (broad SMARTS) is 1. The van der Waals surface area contributed by atoms with Crippen molar-refractivity contribution in [1.82, 2.24) is 10.6 Å². The van der Waals surface area contributed by atoms with Crippen LogP contribution in [0, 0.1) is 5.92 Å². The summed E-state index contributed by atoms with van der Waals surface area (Å²) in [7, 11) is 0. The maximum Gasteiger partial charge on any atom is 0.328 e. The average Bonchev–Trinajstić information content (AvgIpc) is 2.49. The molecule has 0 bridgehead atoms. The number of carbonyl (C=O) groups excluding carboxylic acids is 2. The Kier molecular flexibility index (Phi) is 8.26. The number of aliphatic hydroxyl groups is 1. The molecule has 0 aromatic heterocycles. The van der Waals surface area contributed by atoms with Gasteiger partial charge in [-0.1, -0.05) is 25.7 Å². The molecule has 1 aliphatic rings. The van der Waals surface area contributed by atoms with E-state index in [1.165, 1.54) is 0 Å². The molecule has 0 aliphatic carbocycles. The van der Waals surface area contributed by atoms with E-state index in [1.54, 1.807) is 0 Å². The first-order valence-electron chi connectivity index (χ1n) is 7.54. The van der Waals surface area contributed by atoms with Crippen molar-refractivity contribution in [2.24, 2.45) is 5.92 Å². The van der Waals surface area contributed by atoms with Crippen LogP contribution in [0.25, 0.3) is 0 Å². The minimum absolute atomic E-state index is 0.229. The predicted molar refractivity (Wildman–Crippen MR) is 83.6 cm³/mol. The Morgan fingerprint density at radius 3 is 2.45 bits per heavy atom. The lowest BCUT2D eigenvalue weighted by Crippen LogP contribution is -2.53. The van der Waals surface area contributed by atoms with Gasteiger partial charge in [0.2, 0.25) is 11.8 Å². The van der Waals surface area contributed by atoms with Gasteiger partial charge in [-0.15, -0.1) is 0 Å². The SMILES string of the molecule is O=C1NC(C(=O)N[C@H](CO)C(=O)O)CCCCCCC1CS. The summed E-state index contributed by atoms with van der Waals surface area (Å²) in [5, 5.41) is 22.8. The van der Waals surface area contributed by atoms with Crippen molar-refractivity contribution in [3.63, 3.8) is 0 Å². The van der Waals surface area contributed by atoms with Crippen LogP contribution in [-0.4, -0.2) is 52.4 Å². The van der Waals surface area contributed by atoms with E-state index < -0.39 is 30.6 Å². The molecule has 126 valence electrons. The van der Waals surface area contributed by atoms with E-state index >= 15 is 0 Å². The molecule has 8 heteroatoms. The molecular formula is C14H24N2O5S. The molecule has 0 saturated carbocycles. The van der Waals surface area contributed by atoms with Gasteiger partial charge in [0.25, 0.3) is 0 Å². The van der Waals surface area contributed by atoms with Crippen LogP contribution in [0.15, 0.2) is 0 Å². The van der Waals surface area contributed by atoms with E-state index in [2.05, 4.69) is 23.3 Å². The number of aliphatic carboxylic acids is 1. The van der Waals surface area contributed by atoms with Gasteiger partial charge in [0.15, 0.2) is 0 Å². The zero-order chi connectivity index (χ0) is 16.5. The molecule has 22 heavy (non-hydrogen) atoms. The highest BCUT2D eigenvalue weighted by Gasteiger charge is 2.28. The highest BCUT2D eigenvalue weighted by atomic mass is 32.1. The number of hydrogen-bond donors (Lipinski definition) is 5. The van der Waals surface area contributed by atoms with Gasteiger partial charge in [-0.25, -0.2) is 4.79 Å². The van der Waals surface area contributed by atoms with Gasteiger partial charge in [0, 0.05) is 11.7 Å².